The molecule has 7 heteroatoms. The molecule has 3 heterocycles. The third-order valence-corrected chi connectivity index (χ3v) is 6.48. The van der Waals surface area contributed by atoms with Crippen LogP contribution >= 0.6 is 0 Å². The number of carbonyl (C=O) groups is 1. The Kier molecular flexibility index (Phi) is 7.94. The van der Waals surface area contributed by atoms with Crippen molar-refractivity contribution in [1.29, 1.82) is 5.41 Å². The lowest BCUT2D eigenvalue weighted by Gasteiger charge is -2.27. The molecule has 0 radical (unpaired) electrons. The van der Waals surface area contributed by atoms with Crippen molar-refractivity contribution < 1.29 is 14.3 Å². The number of anilines is 1. The highest BCUT2D eigenvalue weighted by atomic mass is 16.5. The summed E-state index contributed by atoms with van der Waals surface area (Å²) in [6, 6.07) is 13.7. The normalized spacial score (nSPS) is 22.6. The van der Waals surface area contributed by atoms with E-state index >= 15 is 0 Å². The SMILES string of the molecule is N=C(c1c(N)ccnc1OC1CCOCC1)C1CC1C(=O)N1CCCCC1.c1ccccc1. The number of amides is 1. The molecule has 0 spiro atoms. The average molecular weight is 451 g/mol. The molecule has 176 valence electrons. The van der Waals surface area contributed by atoms with Gasteiger partial charge in [-0.1, -0.05) is 36.4 Å². The Morgan fingerprint density at radius 3 is 2.30 bits per heavy atom. The maximum atomic E-state index is 12.7. The van der Waals surface area contributed by atoms with Gasteiger partial charge in [-0.2, -0.15) is 0 Å². The molecule has 2 unspecified atom stereocenters. The van der Waals surface area contributed by atoms with Crippen molar-refractivity contribution in [3.05, 3.63) is 54.2 Å². The van der Waals surface area contributed by atoms with Crippen LogP contribution in [-0.2, 0) is 9.53 Å². The number of nitrogen functional groups attached to an aromatic ring is 1. The van der Waals surface area contributed by atoms with Crippen molar-refractivity contribution in [1.82, 2.24) is 9.88 Å². The van der Waals surface area contributed by atoms with Crippen molar-refractivity contribution in [2.45, 2.75) is 44.6 Å². The number of hydrogen-bond acceptors (Lipinski definition) is 6. The van der Waals surface area contributed by atoms with Gasteiger partial charge < -0.3 is 25.5 Å². The summed E-state index contributed by atoms with van der Waals surface area (Å²) in [6.07, 6.45) is 7.35. The standard InChI is InChI=1S/C20H28N4O3.C6H6/c21-16-4-7-23-19(27-13-5-10-26-11-6-13)17(16)18(22)14-12-15(14)20(25)24-8-2-1-3-9-24;1-2-4-6-5-3-1/h4,7,13-15,22H,1-3,5-6,8-12H2,(H2,21,23);1-6H. The van der Waals surface area contributed by atoms with E-state index in [0.29, 0.717) is 36.1 Å². The lowest BCUT2D eigenvalue weighted by Crippen LogP contribution is -2.37. The van der Waals surface area contributed by atoms with Crippen LogP contribution in [0.2, 0.25) is 0 Å². The molecule has 0 bridgehead atoms. The number of aromatic nitrogens is 1. The first-order chi connectivity index (χ1) is 16.1. The third kappa shape index (κ3) is 6.11. The highest BCUT2D eigenvalue weighted by Gasteiger charge is 2.48. The van der Waals surface area contributed by atoms with Crippen LogP contribution in [0, 0.1) is 17.2 Å². The van der Waals surface area contributed by atoms with E-state index in [1.165, 1.54) is 6.42 Å². The second kappa shape index (κ2) is 11.3. The summed E-state index contributed by atoms with van der Waals surface area (Å²) in [5, 5.41) is 8.69. The molecular formula is C26H34N4O3. The number of pyridine rings is 1. The van der Waals surface area contributed by atoms with Crippen LogP contribution in [0.1, 0.15) is 44.1 Å². The van der Waals surface area contributed by atoms with Gasteiger partial charge in [-0.05, 0) is 31.7 Å². The summed E-state index contributed by atoms with van der Waals surface area (Å²) in [7, 11) is 0. The lowest BCUT2D eigenvalue weighted by atomic mass is 10.0. The van der Waals surface area contributed by atoms with E-state index in [4.69, 9.17) is 20.6 Å². The number of carbonyl (C=O) groups excluding carboxylic acids is 1. The largest absolute Gasteiger partial charge is 0.474 e. The van der Waals surface area contributed by atoms with Gasteiger partial charge in [0.15, 0.2) is 0 Å². The van der Waals surface area contributed by atoms with Gasteiger partial charge in [0.1, 0.15) is 6.10 Å². The number of likely N-dealkylation sites (tertiary alicyclic amines) is 1. The fraction of sp³-hybridized carbons (Fsp3) is 0.500. The van der Waals surface area contributed by atoms with Crippen LogP contribution in [0.15, 0.2) is 48.7 Å². The second-order valence-electron chi connectivity index (χ2n) is 8.91. The quantitative estimate of drug-likeness (QED) is 0.672. The van der Waals surface area contributed by atoms with Gasteiger partial charge in [-0.25, -0.2) is 4.98 Å². The molecular weight excluding hydrogens is 416 g/mol. The van der Waals surface area contributed by atoms with Gasteiger partial charge in [0.25, 0.3) is 0 Å². The maximum absolute atomic E-state index is 12.7. The Hall–Kier alpha value is -2.93. The Balaban J connectivity index is 0.000000376. The van der Waals surface area contributed by atoms with E-state index in [2.05, 4.69) is 4.98 Å². The summed E-state index contributed by atoms with van der Waals surface area (Å²) >= 11 is 0. The Bertz CT molecular complexity index is 898. The molecule has 3 fully saturated rings. The molecule has 2 aliphatic heterocycles. The third-order valence-electron chi connectivity index (χ3n) is 6.48. The molecule has 2 saturated heterocycles. The minimum atomic E-state index is -0.0915. The first-order valence-corrected chi connectivity index (χ1v) is 12.0. The molecule has 1 aliphatic carbocycles. The molecule has 1 amide bonds. The molecule has 5 rings (SSSR count). The number of rotatable bonds is 5. The maximum Gasteiger partial charge on any atom is 0.226 e. The van der Waals surface area contributed by atoms with Gasteiger partial charge in [0, 0.05) is 49.7 Å². The average Bonchev–Trinajstić information content (AvgIpc) is 3.67. The summed E-state index contributed by atoms with van der Waals surface area (Å²) < 4.78 is 11.4. The number of piperidine rings is 1. The first-order valence-electron chi connectivity index (χ1n) is 12.0. The van der Waals surface area contributed by atoms with Crippen LogP contribution in [0.25, 0.3) is 0 Å². The molecule has 1 aromatic heterocycles. The fourth-order valence-electron chi connectivity index (χ4n) is 4.47. The summed E-state index contributed by atoms with van der Waals surface area (Å²) in [4.78, 5) is 19.0. The van der Waals surface area contributed by atoms with Crippen molar-refractivity contribution in [3.63, 3.8) is 0 Å². The van der Waals surface area contributed by atoms with E-state index in [-0.39, 0.29) is 23.8 Å². The van der Waals surface area contributed by atoms with E-state index in [1.54, 1.807) is 12.3 Å². The zero-order valence-corrected chi connectivity index (χ0v) is 19.1. The van der Waals surface area contributed by atoms with Gasteiger partial charge in [-0.3, -0.25) is 4.79 Å². The minimum absolute atomic E-state index is 0.0320. The minimum Gasteiger partial charge on any atom is -0.474 e. The predicted octanol–water partition coefficient (Wildman–Crippen LogP) is 3.92. The zero-order chi connectivity index (χ0) is 23.0. The van der Waals surface area contributed by atoms with E-state index in [0.717, 1.165) is 45.2 Å². The molecule has 3 aliphatic rings. The smallest absolute Gasteiger partial charge is 0.226 e. The number of benzene rings is 1. The Morgan fingerprint density at radius 1 is 1.03 bits per heavy atom. The molecule has 3 N–H and O–H groups in total. The molecule has 2 aromatic rings. The van der Waals surface area contributed by atoms with Gasteiger partial charge >= 0.3 is 0 Å². The Labute approximate surface area is 195 Å². The van der Waals surface area contributed by atoms with Crippen molar-refractivity contribution >= 4 is 17.3 Å². The van der Waals surface area contributed by atoms with Crippen molar-refractivity contribution in [2.24, 2.45) is 11.8 Å². The lowest BCUT2D eigenvalue weighted by molar-refractivity contribution is -0.133. The van der Waals surface area contributed by atoms with E-state index in [1.807, 2.05) is 41.3 Å². The van der Waals surface area contributed by atoms with Crippen molar-refractivity contribution in [3.8, 4) is 5.88 Å². The van der Waals surface area contributed by atoms with Gasteiger partial charge in [-0.15, -0.1) is 0 Å². The van der Waals surface area contributed by atoms with Crippen LogP contribution in [-0.4, -0.2) is 53.9 Å². The topological polar surface area (TPSA) is 102 Å². The molecule has 2 atom stereocenters. The predicted molar refractivity (Wildman–Crippen MR) is 128 cm³/mol. The highest BCUT2D eigenvalue weighted by Crippen LogP contribution is 2.44. The van der Waals surface area contributed by atoms with Crippen LogP contribution in [0.3, 0.4) is 0 Å². The monoisotopic (exact) mass is 450 g/mol. The molecule has 1 saturated carbocycles. The summed E-state index contributed by atoms with van der Waals surface area (Å²) in [5.74, 6) is 0.441. The zero-order valence-electron chi connectivity index (χ0n) is 19.1. The van der Waals surface area contributed by atoms with Gasteiger partial charge in [0.2, 0.25) is 11.8 Å². The Morgan fingerprint density at radius 2 is 1.67 bits per heavy atom. The summed E-state index contributed by atoms with van der Waals surface area (Å²) in [5.41, 5.74) is 7.62. The summed E-state index contributed by atoms with van der Waals surface area (Å²) in [6.45, 7) is 3.05. The van der Waals surface area contributed by atoms with E-state index in [9.17, 15) is 4.79 Å². The van der Waals surface area contributed by atoms with E-state index < -0.39 is 0 Å². The number of ether oxygens (including phenoxy) is 2. The number of hydrogen-bond donors (Lipinski definition) is 2. The fourth-order valence-corrected chi connectivity index (χ4v) is 4.47. The van der Waals surface area contributed by atoms with Gasteiger partial charge in [0.05, 0.1) is 24.5 Å². The number of nitrogens with one attached hydrogen (secondary N) is 1. The number of nitrogens with two attached hydrogens (primary N) is 1. The highest BCUT2D eigenvalue weighted by molar-refractivity contribution is 6.09. The number of nitrogens with zero attached hydrogens (tertiary/aromatic N) is 2. The molecule has 1 aromatic carbocycles. The van der Waals surface area contributed by atoms with Crippen LogP contribution in [0.4, 0.5) is 5.69 Å². The van der Waals surface area contributed by atoms with Crippen LogP contribution < -0.4 is 10.5 Å². The molecule has 7 nitrogen and oxygen atoms in total. The first kappa shape index (κ1) is 23.2. The van der Waals surface area contributed by atoms with Crippen LogP contribution in [0.5, 0.6) is 5.88 Å². The molecule has 33 heavy (non-hydrogen) atoms. The second-order valence-corrected chi connectivity index (χ2v) is 8.91. The van der Waals surface area contributed by atoms with Crippen molar-refractivity contribution in [2.75, 3.05) is 32.0 Å².